The summed E-state index contributed by atoms with van der Waals surface area (Å²) in [5.74, 6) is 0. The zero-order chi connectivity index (χ0) is 7.61. The third kappa shape index (κ3) is 1.22. The Kier molecular flexibility index (Phi) is 2.11. The number of nitrogens with two attached hydrogens (primary N) is 1. The van der Waals surface area contributed by atoms with Crippen molar-refractivity contribution >= 4 is 0 Å². The summed E-state index contributed by atoms with van der Waals surface area (Å²) in [5.41, 5.74) is 4.92. The van der Waals surface area contributed by atoms with E-state index in [0.29, 0.717) is 0 Å². The lowest BCUT2D eigenvalue weighted by molar-refractivity contribution is 0.0319. The van der Waals surface area contributed by atoms with E-state index in [1.54, 1.807) is 6.08 Å². The fourth-order valence-electron chi connectivity index (χ4n) is 1.46. The zero-order valence-corrected chi connectivity index (χ0v) is 6.21. The van der Waals surface area contributed by atoms with Crippen LogP contribution in [-0.4, -0.2) is 16.7 Å². The van der Waals surface area contributed by atoms with E-state index in [9.17, 15) is 5.11 Å². The van der Waals surface area contributed by atoms with Gasteiger partial charge in [-0.15, -0.1) is 6.58 Å². The number of hydrogen-bond acceptors (Lipinski definition) is 2. The molecule has 0 bridgehead atoms. The van der Waals surface area contributed by atoms with Gasteiger partial charge in [0.25, 0.3) is 0 Å². The molecule has 0 aromatic heterocycles. The molecule has 3 N–H and O–H groups in total. The predicted octanol–water partition coefficient (Wildman–Crippen LogP) is 0.805. The molecule has 1 aliphatic carbocycles. The first kappa shape index (κ1) is 7.76. The third-order valence-corrected chi connectivity index (χ3v) is 2.34. The molecule has 2 atom stereocenters. The Balaban J connectivity index is 2.62. The Labute approximate surface area is 61.7 Å². The standard InChI is InChI=1S/C8H15NO/c1-2-8(10)6-4-3-5-7(8)9/h2,7,10H,1,3-6,9H2/t7-,8-/m0/s1. The minimum atomic E-state index is -0.780. The molecule has 1 aliphatic rings. The van der Waals surface area contributed by atoms with Crippen molar-refractivity contribution in [2.75, 3.05) is 0 Å². The maximum atomic E-state index is 9.71. The van der Waals surface area contributed by atoms with Gasteiger partial charge in [0.15, 0.2) is 0 Å². The van der Waals surface area contributed by atoms with Crippen molar-refractivity contribution in [2.45, 2.75) is 37.3 Å². The molecular weight excluding hydrogens is 126 g/mol. The highest BCUT2D eigenvalue weighted by Gasteiger charge is 2.33. The van der Waals surface area contributed by atoms with Gasteiger partial charge in [0.05, 0.1) is 5.60 Å². The van der Waals surface area contributed by atoms with Crippen LogP contribution in [0.4, 0.5) is 0 Å². The van der Waals surface area contributed by atoms with E-state index in [1.807, 2.05) is 0 Å². The highest BCUT2D eigenvalue weighted by molar-refractivity contribution is 5.04. The van der Waals surface area contributed by atoms with Crippen molar-refractivity contribution in [1.29, 1.82) is 0 Å². The smallest absolute Gasteiger partial charge is 0.0975 e. The zero-order valence-electron chi connectivity index (χ0n) is 6.21. The number of aliphatic hydroxyl groups is 1. The molecule has 0 spiro atoms. The fraction of sp³-hybridized carbons (Fsp3) is 0.750. The summed E-state index contributed by atoms with van der Waals surface area (Å²) < 4.78 is 0. The quantitative estimate of drug-likeness (QED) is 0.531. The van der Waals surface area contributed by atoms with Gasteiger partial charge in [-0.3, -0.25) is 0 Å². The van der Waals surface area contributed by atoms with E-state index >= 15 is 0 Å². The van der Waals surface area contributed by atoms with Crippen LogP contribution in [0.1, 0.15) is 25.7 Å². The maximum absolute atomic E-state index is 9.71. The Bertz CT molecular complexity index is 135. The van der Waals surface area contributed by atoms with Gasteiger partial charge in [-0.05, 0) is 12.8 Å². The Morgan fingerprint density at radius 1 is 1.60 bits per heavy atom. The topological polar surface area (TPSA) is 46.2 Å². The Morgan fingerprint density at radius 3 is 2.70 bits per heavy atom. The molecule has 1 fully saturated rings. The second kappa shape index (κ2) is 2.72. The van der Waals surface area contributed by atoms with E-state index in [4.69, 9.17) is 5.73 Å². The average Bonchev–Trinajstić information content (AvgIpc) is 1.96. The monoisotopic (exact) mass is 141 g/mol. The summed E-state index contributed by atoms with van der Waals surface area (Å²) in [6.45, 7) is 3.58. The third-order valence-electron chi connectivity index (χ3n) is 2.34. The highest BCUT2D eigenvalue weighted by atomic mass is 16.3. The fourth-order valence-corrected chi connectivity index (χ4v) is 1.46. The van der Waals surface area contributed by atoms with Crippen molar-refractivity contribution < 1.29 is 5.11 Å². The van der Waals surface area contributed by atoms with Crippen molar-refractivity contribution in [1.82, 2.24) is 0 Å². The molecule has 0 aromatic carbocycles. The van der Waals surface area contributed by atoms with Crippen molar-refractivity contribution in [3.63, 3.8) is 0 Å². The summed E-state index contributed by atoms with van der Waals surface area (Å²) in [4.78, 5) is 0. The van der Waals surface area contributed by atoms with E-state index < -0.39 is 5.60 Å². The van der Waals surface area contributed by atoms with Crippen LogP contribution in [0.3, 0.4) is 0 Å². The van der Waals surface area contributed by atoms with Crippen LogP contribution in [0.15, 0.2) is 12.7 Å². The minimum absolute atomic E-state index is 0.0984. The van der Waals surface area contributed by atoms with Crippen molar-refractivity contribution in [2.24, 2.45) is 5.73 Å². The highest BCUT2D eigenvalue weighted by Crippen LogP contribution is 2.27. The van der Waals surface area contributed by atoms with Gasteiger partial charge in [-0.2, -0.15) is 0 Å². The second-order valence-electron chi connectivity index (χ2n) is 3.05. The molecule has 0 heterocycles. The van der Waals surface area contributed by atoms with Crippen LogP contribution >= 0.6 is 0 Å². The summed E-state index contributed by atoms with van der Waals surface area (Å²) in [5, 5.41) is 9.71. The Hall–Kier alpha value is -0.340. The SMILES string of the molecule is C=C[C@]1(O)CCCC[C@@H]1N. The summed E-state index contributed by atoms with van der Waals surface area (Å²) in [6.07, 6.45) is 5.48. The molecule has 0 amide bonds. The van der Waals surface area contributed by atoms with Gasteiger partial charge >= 0.3 is 0 Å². The summed E-state index contributed by atoms with van der Waals surface area (Å²) in [6, 6.07) is -0.0984. The average molecular weight is 141 g/mol. The van der Waals surface area contributed by atoms with Gasteiger partial charge in [0.1, 0.15) is 0 Å². The van der Waals surface area contributed by atoms with Crippen LogP contribution in [0.2, 0.25) is 0 Å². The molecule has 10 heavy (non-hydrogen) atoms. The summed E-state index contributed by atoms with van der Waals surface area (Å²) >= 11 is 0. The first-order valence-electron chi connectivity index (χ1n) is 3.80. The summed E-state index contributed by atoms with van der Waals surface area (Å²) in [7, 11) is 0. The predicted molar refractivity (Wildman–Crippen MR) is 41.6 cm³/mol. The number of hydrogen-bond donors (Lipinski definition) is 2. The Morgan fingerprint density at radius 2 is 2.30 bits per heavy atom. The number of rotatable bonds is 1. The molecule has 0 unspecified atom stereocenters. The van der Waals surface area contributed by atoms with E-state index in [-0.39, 0.29) is 6.04 Å². The van der Waals surface area contributed by atoms with E-state index in [1.165, 1.54) is 0 Å². The van der Waals surface area contributed by atoms with Gasteiger partial charge in [0, 0.05) is 6.04 Å². The van der Waals surface area contributed by atoms with Crippen LogP contribution in [-0.2, 0) is 0 Å². The lowest BCUT2D eigenvalue weighted by Crippen LogP contribution is -2.48. The molecular formula is C8H15NO. The maximum Gasteiger partial charge on any atom is 0.0975 e. The molecule has 0 saturated heterocycles. The van der Waals surface area contributed by atoms with Crippen molar-refractivity contribution in [3.05, 3.63) is 12.7 Å². The molecule has 58 valence electrons. The molecule has 2 heteroatoms. The molecule has 0 radical (unpaired) electrons. The lowest BCUT2D eigenvalue weighted by atomic mass is 9.81. The van der Waals surface area contributed by atoms with Crippen LogP contribution in [0.5, 0.6) is 0 Å². The molecule has 1 rings (SSSR count). The lowest BCUT2D eigenvalue weighted by Gasteiger charge is -2.34. The largest absolute Gasteiger partial charge is 0.384 e. The van der Waals surface area contributed by atoms with Crippen LogP contribution in [0, 0.1) is 0 Å². The van der Waals surface area contributed by atoms with Gasteiger partial charge in [0.2, 0.25) is 0 Å². The first-order valence-corrected chi connectivity index (χ1v) is 3.80. The molecule has 0 aliphatic heterocycles. The van der Waals surface area contributed by atoms with E-state index in [0.717, 1.165) is 25.7 Å². The second-order valence-corrected chi connectivity index (χ2v) is 3.05. The van der Waals surface area contributed by atoms with Crippen LogP contribution in [0.25, 0.3) is 0 Å². The van der Waals surface area contributed by atoms with Gasteiger partial charge in [-0.1, -0.05) is 18.9 Å². The molecule has 0 aromatic rings. The van der Waals surface area contributed by atoms with Gasteiger partial charge in [-0.25, -0.2) is 0 Å². The van der Waals surface area contributed by atoms with E-state index in [2.05, 4.69) is 6.58 Å². The first-order chi connectivity index (χ1) is 4.69. The van der Waals surface area contributed by atoms with Gasteiger partial charge < -0.3 is 10.8 Å². The van der Waals surface area contributed by atoms with Crippen molar-refractivity contribution in [3.8, 4) is 0 Å². The molecule has 2 nitrogen and oxygen atoms in total. The minimum Gasteiger partial charge on any atom is -0.384 e. The molecule has 1 saturated carbocycles. The normalized spacial score (nSPS) is 41.2. The van der Waals surface area contributed by atoms with Crippen LogP contribution < -0.4 is 5.73 Å².